The molecule has 0 spiro atoms. The minimum atomic E-state index is 0.204. The summed E-state index contributed by atoms with van der Waals surface area (Å²) in [4.78, 5) is 13.2. The summed E-state index contributed by atoms with van der Waals surface area (Å²) in [6.07, 6.45) is 9.38. The number of hydrogen-bond acceptors (Lipinski definition) is 2. The van der Waals surface area contributed by atoms with Gasteiger partial charge in [-0.05, 0) is 37.4 Å². The van der Waals surface area contributed by atoms with Crippen molar-refractivity contribution in [2.45, 2.75) is 58.5 Å². The Bertz CT molecular complexity index is 412. The SMILES string of the molecule is CCCNC(CCC)c1ccn(CCCC(=O)N(C)C)c1. The first-order chi connectivity index (χ1) is 10.1. The number of carbonyl (C=O) groups excluding carboxylic acids is 1. The summed E-state index contributed by atoms with van der Waals surface area (Å²) in [5, 5.41) is 3.62. The van der Waals surface area contributed by atoms with Crippen LogP contribution in [0.5, 0.6) is 0 Å². The largest absolute Gasteiger partial charge is 0.354 e. The fraction of sp³-hybridized carbons (Fsp3) is 0.706. The van der Waals surface area contributed by atoms with Gasteiger partial charge < -0.3 is 14.8 Å². The molecule has 120 valence electrons. The van der Waals surface area contributed by atoms with E-state index in [1.165, 1.54) is 18.4 Å². The molecule has 21 heavy (non-hydrogen) atoms. The number of aromatic nitrogens is 1. The van der Waals surface area contributed by atoms with E-state index in [0.717, 1.165) is 25.9 Å². The van der Waals surface area contributed by atoms with E-state index in [9.17, 15) is 4.79 Å². The van der Waals surface area contributed by atoms with Gasteiger partial charge in [0.1, 0.15) is 0 Å². The maximum atomic E-state index is 11.6. The van der Waals surface area contributed by atoms with Gasteiger partial charge in [0.25, 0.3) is 0 Å². The molecule has 0 radical (unpaired) electrons. The summed E-state index contributed by atoms with van der Waals surface area (Å²) in [5.74, 6) is 0.204. The number of amides is 1. The predicted molar refractivity (Wildman–Crippen MR) is 88.3 cm³/mol. The molecule has 0 fully saturated rings. The van der Waals surface area contributed by atoms with Crippen LogP contribution in [0.4, 0.5) is 0 Å². The van der Waals surface area contributed by atoms with Gasteiger partial charge >= 0.3 is 0 Å². The summed E-state index contributed by atoms with van der Waals surface area (Å²) in [6, 6.07) is 2.66. The molecule has 1 unspecified atom stereocenters. The average molecular weight is 293 g/mol. The number of rotatable bonds is 10. The van der Waals surface area contributed by atoms with Crippen LogP contribution in [0, 0.1) is 0 Å². The van der Waals surface area contributed by atoms with Crippen LogP contribution in [0.1, 0.15) is 57.6 Å². The van der Waals surface area contributed by atoms with Crippen molar-refractivity contribution in [3.8, 4) is 0 Å². The van der Waals surface area contributed by atoms with Crippen LogP contribution in [0.15, 0.2) is 18.5 Å². The number of hydrogen-bond donors (Lipinski definition) is 1. The second-order valence-corrected chi connectivity index (χ2v) is 5.87. The first-order valence-electron chi connectivity index (χ1n) is 8.17. The maximum Gasteiger partial charge on any atom is 0.222 e. The van der Waals surface area contributed by atoms with Crippen LogP contribution < -0.4 is 5.32 Å². The highest BCUT2D eigenvalue weighted by Gasteiger charge is 2.11. The van der Waals surface area contributed by atoms with Gasteiger partial charge in [-0.2, -0.15) is 0 Å². The van der Waals surface area contributed by atoms with Gasteiger partial charge in [0.2, 0.25) is 5.91 Å². The quantitative estimate of drug-likeness (QED) is 0.719. The van der Waals surface area contributed by atoms with E-state index in [1.54, 1.807) is 4.90 Å². The standard InChI is InChI=1S/C17H31N3O/c1-5-8-16(18-11-6-2)15-10-13-20(14-15)12-7-9-17(21)19(3)4/h10,13-14,16,18H,5-9,11-12H2,1-4H3. The number of nitrogens with one attached hydrogen (secondary N) is 1. The molecule has 0 aromatic carbocycles. The van der Waals surface area contributed by atoms with E-state index in [0.29, 0.717) is 12.5 Å². The fourth-order valence-electron chi connectivity index (χ4n) is 2.43. The molecule has 0 aliphatic carbocycles. The van der Waals surface area contributed by atoms with Crippen molar-refractivity contribution in [1.29, 1.82) is 0 Å². The predicted octanol–water partition coefficient (Wildman–Crippen LogP) is 3.20. The minimum Gasteiger partial charge on any atom is -0.354 e. The number of aryl methyl sites for hydroxylation is 1. The molecule has 1 aromatic heterocycles. The van der Waals surface area contributed by atoms with Crippen molar-refractivity contribution in [3.63, 3.8) is 0 Å². The molecular weight excluding hydrogens is 262 g/mol. The van der Waals surface area contributed by atoms with Crippen LogP contribution >= 0.6 is 0 Å². The van der Waals surface area contributed by atoms with E-state index in [2.05, 4.69) is 42.2 Å². The Morgan fingerprint density at radius 2 is 2.10 bits per heavy atom. The maximum absolute atomic E-state index is 11.6. The summed E-state index contributed by atoms with van der Waals surface area (Å²) < 4.78 is 2.20. The average Bonchev–Trinajstić information content (AvgIpc) is 2.92. The molecule has 1 N–H and O–H groups in total. The van der Waals surface area contributed by atoms with Gasteiger partial charge in [0.05, 0.1) is 0 Å². The zero-order chi connectivity index (χ0) is 15.7. The van der Waals surface area contributed by atoms with E-state index < -0.39 is 0 Å². The van der Waals surface area contributed by atoms with Gasteiger partial charge in [0, 0.05) is 45.5 Å². The van der Waals surface area contributed by atoms with Crippen molar-refractivity contribution in [2.24, 2.45) is 0 Å². The smallest absolute Gasteiger partial charge is 0.222 e. The van der Waals surface area contributed by atoms with Crippen molar-refractivity contribution in [2.75, 3.05) is 20.6 Å². The molecule has 4 nitrogen and oxygen atoms in total. The molecule has 0 bridgehead atoms. The molecule has 4 heteroatoms. The van der Waals surface area contributed by atoms with Crippen molar-refractivity contribution < 1.29 is 4.79 Å². The van der Waals surface area contributed by atoms with E-state index in [-0.39, 0.29) is 5.91 Å². The molecule has 1 rings (SSSR count). The second-order valence-electron chi connectivity index (χ2n) is 5.87. The Morgan fingerprint density at radius 1 is 1.33 bits per heavy atom. The fourth-order valence-corrected chi connectivity index (χ4v) is 2.43. The van der Waals surface area contributed by atoms with Gasteiger partial charge in [-0.3, -0.25) is 4.79 Å². The highest BCUT2D eigenvalue weighted by Crippen LogP contribution is 2.19. The van der Waals surface area contributed by atoms with Crippen molar-refractivity contribution in [3.05, 3.63) is 24.0 Å². The van der Waals surface area contributed by atoms with E-state index in [1.807, 2.05) is 14.1 Å². The molecular formula is C17H31N3O. The van der Waals surface area contributed by atoms with Crippen LogP contribution in [-0.2, 0) is 11.3 Å². The zero-order valence-corrected chi connectivity index (χ0v) is 14.1. The first kappa shape index (κ1) is 17.8. The van der Waals surface area contributed by atoms with Crippen molar-refractivity contribution in [1.82, 2.24) is 14.8 Å². The lowest BCUT2D eigenvalue weighted by Gasteiger charge is -2.16. The number of carbonyl (C=O) groups is 1. The Labute approximate surface area is 129 Å². The lowest BCUT2D eigenvalue weighted by Crippen LogP contribution is -2.22. The lowest BCUT2D eigenvalue weighted by atomic mass is 10.1. The van der Waals surface area contributed by atoms with E-state index >= 15 is 0 Å². The second kappa shape index (κ2) is 9.61. The monoisotopic (exact) mass is 293 g/mol. The van der Waals surface area contributed by atoms with Crippen LogP contribution in [0.2, 0.25) is 0 Å². The van der Waals surface area contributed by atoms with E-state index in [4.69, 9.17) is 0 Å². The summed E-state index contributed by atoms with van der Waals surface area (Å²) in [6.45, 7) is 6.40. The Morgan fingerprint density at radius 3 is 2.71 bits per heavy atom. The van der Waals surface area contributed by atoms with Crippen LogP contribution in [0.3, 0.4) is 0 Å². The zero-order valence-electron chi connectivity index (χ0n) is 14.1. The summed E-state index contributed by atoms with van der Waals surface area (Å²) in [5.41, 5.74) is 1.37. The molecule has 1 amide bonds. The molecule has 0 aliphatic rings. The number of nitrogens with zero attached hydrogens (tertiary/aromatic N) is 2. The third-order valence-electron chi connectivity index (χ3n) is 3.70. The minimum absolute atomic E-state index is 0.204. The first-order valence-corrected chi connectivity index (χ1v) is 8.17. The third kappa shape index (κ3) is 6.34. The van der Waals surface area contributed by atoms with Crippen LogP contribution in [-0.4, -0.2) is 36.0 Å². The Hall–Kier alpha value is -1.29. The molecule has 0 aliphatic heterocycles. The molecule has 0 saturated heterocycles. The van der Waals surface area contributed by atoms with Crippen molar-refractivity contribution >= 4 is 5.91 Å². The molecule has 1 atom stereocenters. The lowest BCUT2D eigenvalue weighted by molar-refractivity contribution is -0.128. The van der Waals surface area contributed by atoms with Gasteiger partial charge in [-0.25, -0.2) is 0 Å². The molecule has 1 aromatic rings. The Kier molecular flexibility index (Phi) is 8.13. The van der Waals surface area contributed by atoms with Gasteiger partial charge in [0.15, 0.2) is 0 Å². The topological polar surface area (TPSA) is 37.3 Å². The Balaban J connectivity index is 2.48. The summed E-state index contributed by atoms with van der Waals surface area (Å²) in [7, 11) is 3.62. The van der Waals surface area contributed by atoms with Gasteiger partial charge in [-0.15, -0.1) is 0 Å². The molecule has 1 heterocycles. The summed E-state index contributed by atoms with van der Waals surface area (Å²) >= 11 is 0. The third-order valence-corrected chi connectivity index (χ3v) is 3.70. The highest BCUT2D eigenvalue weighted by molar-refractivity contribution is 5.75. The molecule has 0 saturated carbocycles. The van der Waals surface area contributed by atoms with Crippen LogP contribution in [0.25, 0.3) is 0 Å². The van der Waals surface area contributed by atoms with Gasteiger partial charge in [-0.1, -0.05) is 20.3 Å². The normalized spacial score (nSPS) is 12.4. The highest BCUT2D eigenvalue weighted by atomic mass is 16.2.